The summed E-state index contributed by atoms with van der Waals surface area (Å²) in [6, 6.07) is 29.1. The third-order valence-corrected chi connectivity index (χ3v) is 7.05. The first-order valence-electron chi connectivity index (χ1n) is 12.9. The van der Waals surface area contributed by atoms with Crippen LogP contribution in [0.5, 0.6) is 0 Å². The Kier molecular flexibility index (Phi) is 7.33. The Morgan fingerprint density at radius 2 is 1.49 bits per heavy atom. The summed E-state index contributed by atoms with van der Waals surface area (Å²) in [4.78, 5) is 20.8. The number of methoxy groups -OCH3 is 1. The smallest absolute Gasteiger partial charge is 0.248 e. The SMILES string of the molecule is CCc1cccc(CC)c1N(COC)C(=O)Cn1c(Cc2cccc3ccccc23)nc2ccccc21. The number of ether oxygens (including phenoxy) is 1. The van der Waals surface area contributed by atoms with Crippen molar-refractivity contribution in [1.82, 2.24) is 9.55 Å². The van der Waals surface area contributed by atoms with Gasteiger partial charge in [0.1, 0.15) is 19.1 Å². The number of aromatic nitrogens is 2. The van der Waals surface area contributed by atoms with Crippen molar-refractivity contribution >= 4 is 33.4 Å². The van der Waals surface area contributed by atoms with Crippen LogP contribution in [-0.4, -0.2) is 29.3 Å². The maximum absolute atomic E-state index is 14.0. The predicted molar refractivity (Wildman–Crippen MR) is 151 cm³/mol. The molecule has 0 aliphatic carbocycles. The Balaban J connectivity index is 1.56. The molecule has 188 valence electrons. The number of anilines is 1. The molecule has 0 atom stereocenters. The molecule has 5 aromatic rings. The summed E-state index contributed by atoms with van der Waals surface area (Å²) in [6.45, 7) is 4.64. The highest BCUT2D eigenvalue weighted by Crippen LogP contribution is 2.29. The zero-order valence-electron chi connectivity index (χ0n) is 21.8. The Morgan fingerprint density at radius 3 is 2.24 bits per heavy atom. The van der Waals surface area contributed by atoms with Crippen molar-refractivity contribution in [3.05, 3.63) is 107 Å². The van der Waals surface area contributed by atoms with Crippen LogP contribution in [-0.2, 0) is 35.3 Å². The van der Waals surface area contributed by atoms with E-state index in [1.54, 1.807) is 12.0 Å². The molecular weight excluding hydrogens is 458 g/mol. The van der Waals surface area contributed by atoms with Crippen LogP contribution in [0.3, 0.4) is 0 Å². The van der Waals surface area contributed by atoms with Crippen molar-refractivity contribution in [1.29, 1.82) is 0 Å². The van der Waals surface area contributed by atoms with Crippen molar-refractivity contribution in [2.24, 2.45) is 0 Å². The molecule has 4 aromatic carbocycles. The molecule has 0 aliphatic rings. The average molecular weight is 492 g/mol. The number of nitrogens with zero attached hydrogens (tertiary/aromatic N) is 3. The Bertz CT molecular complexity index is 1530. The van der Waals surface area contributed by atoms with E-state index < -0.39 is 0 Å². The van der Waals surface area contributed by atoms with Crippen LogP contribution >= 0.6 is 0 Å². The van der Waals surface area contributed by atoms with Crippen LogP contribution in [0.2, 0.25) is 0 Å². The second kappa shape index (κ2) is 11.0. The lowest BCUT2D eigenvalue weighted by Crippen LogP contribution is -2.37. The summed E-state index contributed by atoms with van der Waals surface area (Å²) in [6.07, 6.45) is 2.33. The zero-order chi connectivity index (χ0) is 25.8. The van der Waals surface area contributed by atoms with E-state index in [0.29, 0.717) is 6.42 Å². The second-order valence-corrected chi connectivity index (χ2v) is 9.29. The highest BCUT2D eigenvalue weighted by Gasteiger charge is 2.23. The van der Waals surface area contributed by atoms with Gasteiger partial charge >= 0.3 is 0 Å². The summed E-state index contributed by atoms with van der Waals surface area (Å²) in [7, 11) is 1.64. The number of carbonyl (C=O) groups excluding carboxylic acids is 1. The summed E-state index contributed by atoms with van der Waals surface area (Å²) in [5.41, 5.74) is 6.32. The fourth-order valence-electron chi connectivity index (χ4n) is 5.23. The number of imidazole rings is 1. The average Bonchev–Trinajstić information content (AvgIpc) is 3.28. The Labute approximate surface area is 218 Å². The number of amides is 1. The van der Waals surface area contributed by atoms with Crippen molar-refractivity contribution in [2.75, 3.05) is 18.7 Å². The van der Waals surface area contributed by atoms with Gasteiger partial charge in [0, 0.05) is 13.5 Å². The fraction of sp³-hybridized carbons (Fsp3) is 0.250. The van der Waals surface area contributed by atoms with Crippen LogP contribution in [0.15, 0.2) is 84.9 Å². The van der Waals surface area contributed by atoms with Gasteiger partial charge in [0.2, 0.25) is 5.91 Å². The van der Waals surface area contributed by atoms with Crippen LogP contribution in [0.4, 0.5) is 5.69 Å². The van der Waals surface area contributed by atoms with Gasteiger partial charge in [-0.25, -0.2) is 4.98 Å². The van der Waals surface area contributed by atoms with Gasteiger partial charge in [-0.3, -0.25) is 9.69 Å². The topological polar surface area (TPSA) is 47.4 Å². The van der Waals surface area contributed by atoms with Gasteiger partial charge < -0.3 is 9.30 Å². The molecule has 0 saturated heterocycles. The van der Waals surface area contributed by atoms with E-state index in [-0.39, 0.29) is 19.2 Å². The highest BCUT2D eigenvalue weighted by molar-refractivity contribution is 5.95. The van der Waals surface area contributed by atoms with Gasteiger partial charge in [-0.1, -0.05) is 86.6 Å². The number of rotatable bonds is 9. The summed E-state index contributed by atoms with van der Waals surface area (Å²) < 4.78 is 7.61. The molecule has 5 rings (SSSR count). The third kappa shape index (κ3) is 4.87. The summed E-state index contributed by atoms with van der Waals surface area (Å²) >= 11 is 0. The van der Waals surface area contributed by atoms with E-state index >= 15 is 0 Å². The number of carbonyl (C=O) groups is 1. The largest absolute Gasteiger partial charge is 0.364 e. The van der Waals surface area contributed by atoms with Crippen LogP contribution in [0, 0.1) is 0 Å². The molecule has 0 N–H and O–H groups in total. The second-order valence-electron chi connectivity index (χ2n) is 9.29. The molecule has 5 nitrogen and oxygen atoms in total. The number of aryl methyl sites for hydroxylation is 2. The molecule has 0 aliphatic heterocycles. The highest BCUT2D eigenvalue weighted by atomic mass is 16.5. The predicted octanol–water partition coefficient (Wildman–Crippen LogP) is 6.54. The maximum Gasteiger partial charge on any atom is 0.248 e. The van der Waals surface area contributed by atoms with Crippen LogP contribution < -0.4 is 4.90 Å². The van der Waals surface area contributed by atoms with Gasteiger partial charge in [-0.15, -0.1) is 0 Å². The minimum Gasteiger partial charge on any atom is -0.364 e. The molecule has 37 heavy (non-hydrogen) atoms. The van der Waals surface area contributed by atoms with E-state index in [0.717, 1.165) is 46.5 Å². The number of para-hydroxylation sites is 3. The van der Waals surface area contributed by atoms with Crippen molar-refractivity contribution in [3.8, 4) is 0 Å². The van der Waals surface area contributed by atoms with Gasteiger partial charge in [0.15, 0.2) is 0 Å². The van der Waals surface area contributed by atoms with Crippen LogP contribution in [0.25, 0.3) is 21.8 Å². The van der Waals surface area contributed by atoms with E-state index in [2.05, 4.69) is 79.1 Å². The number of hydrogen-bond donors (Lipinski definition) is 0. The number of fused-ring (bicyclic) bond motifs is 2. The molecular formula is C32H33N3O2. The molecule has 1 heterocycles. The summed E-state index contributed by atoms with van der Waals surface area (Å²) in [5.74, 6) is 0.863. The number of benzene rings is 4. The molecule has 1 aromatic heterocycles. The third-order valence-electron chi connectivity index (χ3n) is 7.05. The van der Waals surface area contributed by atoms with E-state index in [1.165, 1.54) is 16.3 Å². The first kappa shape index (κ1) is 24.7. The zero-order valence-corrected chi connectivity index (χ0v) is 21.8. The monoisotopic (exact) mass is 491 g/mol. The minimum atomic E-state index is -0.0141. The standard InChI is InChI=1S/C32H33N3O2/c1-4-23-13-10-14-24(5-2)32(23)35(22-37-3)31(36)21-34-29-19-9-8-18-28(29)33-30(34)20-26-16-11-15-25-12-6-7-17-27(25)26/h6-19H,4-5,20-22H2,1-3H3. The maximum atomic E-state index is 14.0. The van der Waals surface area contributed by atoms with Gasteiger partial charge in [0.05, 0.1) is 16.7 Å². The van der Waals surface area contributed by atoms with Crippen molar-refractivity contribution < 1.29 is 9.53 Å². The quantitative estimate of drug-likeness (QED) is 0.220. The molecule has 0 saturated carbocycles. The molecule has 0 unspecified atom stereocenters. The lowest BCUT2D eigenvalue weighted by atomic mass is 10.0. The molecule has 5 heteroatoms. The van der Waals surface area contributed by atoms with E-state index in [1.807, 2.05) is 24.3 Å². The first-order valence-corrected chi connectivity index (χ1v) is 12.9. The number of hydrogen-bond acceptors (Lipinski definition) is 3. The lowest BCUT2D eigenvalue weighted by molar-refractivity contribution is -0.120. The van der Waals surface area contributed by atoms with Gasteiger partial charge in [-0.2, -0.15) is 0 Å². The lowest BCUT2D eigenvalue weighted by Gasteiger charge is -2.27. The van der Waals surface area contributed by atoms with Gasteiger partial charge in [-0.05, 0) is 52.4 Å². The van der Waals surface area contributed by atoms with Gasteiger partial charge in [0.25, 0.3) is 0 Å². The first-order chi connectivity index (χ1) is 18.1. The molecule has 0 bridgehead atoms. The normalized spacial score (nSPS) is 11.3. The fourth-order valence-corrected chi connectivity index (χ4v) is 5.23. The Morgan fingerprint density at radius 1 is 0.838 bits per heavy atom. The van der Waals surface area contributed by atoms with E-state index in [4.69, 9.17) is 9.72 Å². The summed E-state index contributed by atoms with van der Waals surface area (Å²) in [5, 5.41) is 2.41. The van der Waals surface area contributed by atoms with Crippen molar-refractivity contribution in [2.45, 2.75) is 39.7 Å². The molecule has 1 amide bonds. The van der Waals surface area contributed by atoms with E-state index in [9.17, 15) is 4.79 Å². The van der Waals surface area contributed by atoms with Crippen molar-refractivity contribution in [3.63, 3.8) is 0 Å². The Hall–Kier alpha value is -3.96. The molecule has 0 fully saturated rings. The minimum absolute atomic E-state index is 0.0141. The molecule has 0 radical (unpaired) electrons. The van der Waals surface area contributed by atoms with Crippen LogP contribution in [0.1, 0.15) is 36.4 Å². The molecule has 0 spiro atoms.